The zero-order chi connectivity index (χ0) is 23.2. The van der Waals surface area contributed by atoms with E-state index in [2.05, 4.69) is 4.90 Å². The summed E-state index contributed by atoms with van der Waals surface area (Å²) in [6.07, 6.45) is 2.04. The molecule has 1 saturated carbocycles. The number of aliphatic hydroxyl groups is 1. The second kappa shape index (κ2) is 8.90. The Morgan fingerprint density at radius 2 is 1.67 bits per heavy atom. The molecule has 5 rings (SSSR count). The van der Waals surface area contributed by atoms with Crippen LogP contribution in [0.2, 0.25) is 0 Å². The van der Waals surface area contributed by atoms with Gasteiger partial charge in [-0.2, -0.15) is 13.2 Å². The fraction of sp³-hybridized carbons (Fsp3) is 0.538. The van der Waals surface area contributed by atoms with Crippen LogP contribution < -0.4 is 0 Å². The summed E-state index contributed by atoms with van der Waals surface area (Å²) in [7, 11) is 0. The van der Waals surface area contributed by atoms with Gasteiger partial charge in [-0.1, -0.05) is 17.8 Å². The molecule has 2 fully saturated rings. The molecule has 3 aliphatic rings. The SMILES string of the molecule is OCCC1CCN(C2CCC3(CC2)c2ccc(F)cc2Sc2ccc(C(F)(F)F)cc23)CC1. The lowest BCUT2D eigenvalue weighted by molar-refractivity contribution is -0.137. The number of rotatable bonds is 3. The highest BCUT2D eigenvalue weighted by Crippen LogP contribution is 2.56. The molecular formula is C26H29F4NOS. The first-order valence-corrected chi connectivity index (χ1v) is 12.7. The first kappa shape index (κ1) is 23.2. The molecule has 0 bridgehead atoms. The summed E-state index contributed by atoms with van der Waals surface area (Å²) < 4.78 is 54.8. The van der Waals surface area contributed by atoms with E-state index in [1.807, 2.05) is 0 Å². The maximum absolute atomic E-state index is 14.1. The van der Waals surface area contributed by atoms with E-state index in [-0.39, 0.29) is 12.4 Å². The molecular weight excluding hydrogens is 450 g/mol. The summed E-state index contributed by atoms with van der Waals surface area (Å²) in [5.41, 5.74) is 0.610. The first-order valence-electron chi connectivity index (χ1n) is 11.8. The lowest BCUT2D eigenvalue weighted by atomic mass is 9.63. The van der Waals surface area contributed by atoms with Crippen molar-refractivity contribution >= 4 is 11.8 Å². The summed E-state index contributed by atoms with van der Waals surface area (Å²) in [6.45, 7) is 2.29. The normalized spacial score (nSPS) is 26.3. The average molecular weight is 480 g/mol. The van der Waals surface area contributed by atoms with Crippen LogP contribution in [-0.4, -0.2) is 35.7 Å². The Morgan fingerprint density at radius 3 is 2.33 bits per heavy atom. The van der Waals surface area contributed by atoms with E-state index in [9.17, 15) is 22.7 Å². The predicted octanol–water partition coefficient (Wildman–Crippen LogP) is 6.63. The minimum absolute atomic E-state index is 0.244. The third-order valence-electron chi connectivity index (χ3n) is 8.01. The number of hydrogen-bond acceptors (Lipinski definition) is 3. The molecule has 0 aromatic heterocycles. The van der Waals surface area contributed by atoms with Crippen molar-refractivity contribution in [3.05, 3.63) is 58.9 Å². The first-order chi connectivity index (χ1) is 15.8. The van der Waals surface area contributed by atoms with Gasteiger partial charge >= 0.3 is 6.18 Å². The minimum atomic E-state index is -4.39. The maximum Gasteiger partial charge on any atom is 0.416 e. The van der Waals surface area contributed by atoms with Crippen LogP contribution in [0.15, 0.2) is 46.2 Å². The third-order valence-corrected chi connectivity index (χ3v) is 9.15. The molecule has 0 atom stereocenters. The molecule has 1 aliphatic carbocycles. The highest BCUT2D eigenvalue weighted by atomic mass is 32.2. The largest absolute Gasteiger partial charge is 0.416 e. The van der Waals surface area contributed by atoms with Gasteiger partial charge in [0, 0.05) is 27.9 Å². The lowest BCUT2D eigenvalue weighted by Gasteiger charge is -2.48. The number of alkyl halides is 3. The molecule has 0 amide bonds. The molecule has 1 N–H and O–H groups in total. The molecule has 7 heteroatoms. The van der Waals surface area contributed by atoms with Crippen molar-refractivity contribution in [3.8, 4) is 0 Å². The van der Waals surface area contributed by atoms with E-state index in [0.717, 1.165) is 85.0 Å². The number of piperidine rings is 1. The number of halogens is 4. The monoisotopic (exact) mass is 479 g/mol. The number of benzene rings is 2. The number of aliphatic hydroxyl groups excluding tert-OH is 1. The van der Waals surface area contributed by atoms with Gasteiger partial charge in [-0.25, -0.2) is 4.39 Å². The molecule has 2 heterocycles. The summed E-state index contributed by atoms with van der Waals surface area (Å²) in [5.74, 6) is 0.275. The Balaban J connectivity index is 1.44. The fourth-order valence-electron chi connectivity index (χ4n) is 6.20. The van der Waals surface area contributed by atoms with Crippen LogP contribution in [0.4, 0.5) is 17.6 Å². The van der Waals surface area contributed by atoms with Crippen molar-refractivity contribution in [3.63, 3.8) is 0 Å². The van der Waals surface area contributed by atoms with Gasteiger partial charge in [-0.05, 0) is 105 Å². The van der Waals surface area contributed by atoms with Crippen LogP contribution in [0, 0.1) is 11.7 Å². The molecule has 0 radical (unpaired) electrons. The summed E-state index contributed by atoms with van der Waals surface area (Å²) in [4.78, 5) is 4.17. The van der Waals surface area contributed by atoms with E-state index in [1.165, 1.54) is 30.0 Å². The zero-order valence-corrected chi connectivity index (χ0v) is 19.3. The molecule has 2 nitrogen and oxygen atoms in total. The van der Waals surface area contributed by atoms with E-state index in [0.29, 0.717) is 12.0 Å². The smallest absolute Gasteiger partial charge is 0.396 e. The Morgan fingerprint density at radius 1 is 0.939 bits per heavy atom. The maximum atomic E-state index is 14.1. The topological polar surface area (TPSA) is 23.5 Å². The fourth-order valence-corrected chi connectivity index (χ4v) is 7.48. The highest BCUT2D eigenvalue weighted by molar-refractivity contribution is 7.99. The quantitative estimate of drug-likeness (QED) is 0.500. The van der Waals surface area contributed by atoms with Crippen molar-refractivity contribution in [1.82, 2.24) is 4.90 Å². The van der Waals surface area contributed by atoms with Crippen LogP contribution in [0.5, 0.6) is 0 Å². The summed E-state index contributed by atoms with van der Waals surface area (Å²) in [5, 5.41) is 9.21. The van der Waals surface area contributed by atoms with Gasteiger partial charge in [0.2, 0.25) is 0 Å². The molecule has 178 valence electrons. The Kier molecular flexibility index (Phi) is 6.25. The molecule has 1 saturated heterocycles. The number of likely N-dealkylation sites (tertiary alicyclic amines) is 1. The van der Waals surface area contributed by atoms with E-state index in [1.54, 1.807) is 12.1 Å². The highest BCUT2D eigenvalue weighted by Gasteiger charge is 2.46. The van der Waals surface area contributed by atoms with Crippen molar-refractivity contribution in [2.75, 3.05) is 19.7 Å². The standard InChI is InChI=1S/C26H29F4NOS/c27-19-2-3-21-24(16-19)33-23-4-1-18(26(28,29)30)15-22(23)25(21)10-5-20(6-11-25)31-12-7-17(8-13-31)9-14-32/h1-4,15-17,20,32H,5-14H2. The second-order valence-corrected chi connectivity index (χ2v) is 10.8. The Labute approximate surface area is 196 Å². The number of nitrogens with zero attached hydrogens (tertiary/aromatic N) is 1. The van der Waals surface area contributed by atoms with Crippen LogP contribution in [-0.2, 0) is 11.6 Å². The number of fused-ring (bicyclic) bond motifs is 4. The van der Waals surface area contributed by atoms with Crippen molar-refractivity contribution in [2.45, 2.75) is 72.4 Å². The molecule has 1 spiro atoms. The van der Waals surface area contributed by atoms with Gasteiger partial charge in [0.15, 0.2) is 0 Å². The average Bonchev–Trinajstić information content (AvgIpc) is 2.79. The van der Waals surface area contributed by atoms with Gasteiger partial charge in [-0.15, -0.1) is 0 Å². The Hall–Kier alpha value is -1.57. The molecule has 2 aliphatic heterocycles. The lowest BCUT2D eigenvalue weighted by Crippen LogP contribution is -2.46. The van der Waals surface area contributed by atoms with Crippen molar-refractivity contribution in [2.24, 2.45) is 5.92 Å². The van der Waals surface area contributed by atoms with E-state index >= 15 is 0 Å². The van der Waals surface area contributed by atoms with Crippen molar-refractivity contribution < 1.29 is 22.7 Å². The summed E-state index contributed by atoms with van der Waals surface area (Å²) in [6, 6.07) is 9.25. The van der Waals surface area contributed by atoms with Gasteiger partial charge in [0.25, 0.3) is 0 Å². The number of hydrogen-bond donors (Lipinski definition) is 1. The van der Waals surface area contributed by atoms with Crippen LogP contribution in [0.25, 0.3) is 0 Å². The Bertz CT molecular complexity index is 1010. The predicted molar refractivity (Wildman–Crippen MR) is 121 cm³/mol. The van der Waals surface area contributed by atoms with Gasteiger partial charge < -0.3 is 10.0 Å². The second-order valence-electron chi connectivity index (χ2n) is 9.76. The van der Waals surface area contributed by atoms with E-state index in [4.69, 9.17) is 0 Å². The summed E-state index contributed by atoms with van der Waals surface area (Å²) >= 11 is 1.38. The molecule has 2 aromatic carbocycles. The van der Waals surface area contributed by atoms with E-state index < -0.39 is 17.2 Å². The minimum Gasteiger partial charge on any atom is -0.396 e. The van der Waals surface area contributed by atoms with Crippen LogP contribution in [0.1, 0.15) is 61.6 Å². The van der Waals surface area contributed by atoms with Gasteiger partial charge in [0.1, 0.15) is 5.82 Å². The zero-order valence-electron chi connectivity index (χ0n) is 18.5. The molecule has 0 unspecified atom stereocenters. The van der Waals surface area contributed by atoms with Crippen LogP contribution in [0.3, 0.4) is 0 Å². The molecule has 33 heavy (non-hydrogen) atoms. The van der Waals surface area contributed by atoms with Gasteiger partial charge in [0.05, 0.1) is 5.56 Å². The van der Waals surface area contributed by atoms with Crippen LogP contribution >= 0.6 is 11.8 Å². The van der Waals surface area contributed by atoms with Crippen molar-refractivity contribution in [1.29, 1.82) is 0 Å². The third kappa shape index (κ3) is 4.32. The molecule has 2 aromatic rings. The van der Waals surface area contributed by atoms with Gasteiger partial charge in [-0.3, -0.25) is 0 Å².